The Bertz CT molecular complexity index is 261. The van der Waals surface area contributed by atoms with Crippen LogP contribution >= 0.6 is 0 Å². The summed E-state index contributed by atoms with van der Waals surface area (Å²) in [6.07, 6.45) is 6.73. The van der Waals surface area contributed by atoms with Crippen molar-refractivity contribution < 1.29 is 0 Å². The molecule has 0 aliphatic carbocycles. The summed E-state index contributed by atoms with van der Waals surface area (Å²) in [7, 11) is 0. The molecule has 0 radical (unpaired) electrons. The lowest BCUT2D eigenvalue weighted by Gasteiger charge is -2.12. The van der Waals surface area contributed by atoms with Crippen LogP contribution < -0.4 is 0 Å². The minimum atomic E-state index is 0.858. The maximum Gasteiger partial charge on any atom is -0.0279 e. The predicted molar refractivity (Wildman–Crippen MR) is 72.6 cm³/mol. The first-order valence-corrected chi connectivity index (χ1v) is 6.72. The predicted octanol–water partition coefficient (Wildman–Crippen LogP) is 5.08. The SMILES string of the molecule is CC(C)CCC(C)CCCc1ccccc1. The van der Waals surface area contributed by atoms with E-state index in [1.807, 2.05) is 0 Å². The first kappa shape index (κ1) is 13.3. The third-order valence-electron chi connectivity index (χ3n) is 3.24. The molecule has 0 aromatic heterocycles. The summed E-state index contributed by atoms with van der Waals surface area (Å²) in [5.74, 6) is 1.75. The van der Waals surface area contributed by atoms with Crippen molar-refractivity contribution in [1.29, 1.82) is 0 Å². The quantitative estimate of drug-likeness (QED) is 0.598. The first-order valence-electron chi connectivity index (χ1n) is 6.72. The van der Waals surface area contributed by atoms with Gasteiger partial charge in [-0.2, -0.15) is 0 Å². The molecule has 0 heterocycles. The second-order valence-corrected chi connectivity index (χ2v) is 5.45. The van der Waals surface area contributed by atoms with Crippen LogP contribution in [-0.4, -0.2) is 0 Å². The number of hydrogen-bond acceptors (Lipinski definition) is 0. The van der Waals surface area contributed by atoms with E-state index in [4.69, 9.17) is 0 Å². The van der Waals surface area contributed by atoms with Gasteiger partial charge in [-0.05, 0) is 30.2 Å². The Balaban J connectivity index is 2.11. The topological polar surface area (TPSA) is 0 Å². The molecule has 0 amide bonds. The van der Waals surface area contributed by atoms with Crippen LogP contribution in [-0.2, 0) is 6.42 Å². The van der Waals surface area contributed by atoms with Crippen molar-refractivity contribution in [3.8, 4) is 0 Å². The molecule has 1 rings (SSSR count). The molecular formula is C16H26. The van der Waals surface area contributed by atoms with Crippen molar-refractivity contribution in [2.75, 3.05) is 0 Å². The van der Waals surface area contributed by atoms with Gasteiger partial charge in [0.25, 0.3) is 0 Å². The zero-order valence-corrected chi connectivity index (χ0v) is 11.1. The fraction of sp³-hybridized carbons (Fsp3) is 0.625. The zero-order chi connectivity index (χ0) is 11.8. The van der Waals surface area contributed by atoms with Gasteiger partial charge in [0.1, 0.15) is 0 Å². The van der Waals surface area contributed by atoms with Gasteiger partial charge in [0, 0.05) is 0 Å². The van der Waals surface area contributed by atoms with Gasteiger partial charge >= 0.3 is 0 Å². The Morgan fingerprint density at radius 2 is 1.56 bits per heavy atom. The average Bonchev–Trinajstić information content (AvgIpc) is 2.28. The normalized spacial score (nSPS) is 13.0. The molecule has 0 aliphatic rings. The molecule has 0 N–H and O–H groups in total. The smallest absolute Gasteiger partial charge is 0.0279 e. The molecule has 0 saturated heterocycles. The fourth-order valence-corrected chi connectivity index (χ4v) is 2.06. The molecule has 1 aromatic carbocycles. The zero-order valence-electron chi connectivity index (χ0n) is 11.1. The summed E-state index contributed by atoms with van der Waals surface area (Å²) in [6.45, 7) is 7.03. The first-order chi connectivity index (χ1) is 7.68. The Kier molecular flexibility index (Phi) is 6.22. The van der Waals surface area contributed by atoms with Gasteiger partial charge in [-0.1, -0.05) is 70.4 Å². The van der Waals surface area contributed by atoms with Gasteiger partial charge in [-0.3, -0.25) is 0 Å². The lowest BCUT2D eigenvalue weighted by Crippen LogP contribution is -1.99. The Hall–Kier alpha value is -0.780. The number of aryl methyl sites for hydroxylation is 1. The molecule has 0 aliphatic heterocycles. The molecule has 0 fully saturated rings. The molecule has 0 nitrogen and oxygen atoms in total. The summed E-state index contributed by atoms with van der Waals surface area (Å²) >= 11 is 0. The van der Waals surface area contributed by atoms with Gasteiger partial charge in [0.05, 0.1) is 0 Å². The van der Waals surface area contributed by atoms with Gasteiger partial charge in [-0.15, -0.1) is 0 Å². The van der Waals surface area contributed by atoms with E-state index in [1.165, 1.54) is 37.7 Å². The number of hydrogen-bond donors (Lipinski definition) is 0. The van der Waals surface area contributed by atoms with Crippen LogP contribution in [0.2, 0.25) is 0 Å². The van der Waals surface area contributed by atoms with Crippen molar-refractivity contribution in [2.24, 2.45) is 11.8 Å². The second-order valence-electron chi connectivity index (χ2n) is 5.45. The van der Waals surface area contributed by atoms with E-state index in [0.29, 0.717) is 0 Å². The third kappa shape index (κ3) is 5.95. The highest BCUT2D eigenvalue weighted by Crippen LogP contribution is 2.17. The van der Waals surface area contributed by atoms with E-state index >= 15 is 0 Å². The van der Waals surface area contributed by atoms with Crippen LogP contribution in [0, 0.1) is 11.8 Å². The second kappa shape index (κ2) is 7.49. The Morgan fingerprint density at radius 3 is 2.19 bits per heavy atom. The van der Waals surface area contributed by atoms with Gasteiger partial charge in [0.2, 0.25) is 0 Å². The summed E-state index contributed by atoms with van der Waals surface area (Å²) in [6, 6.07) is 10.8. The van der Waals surface area contributed by atoms with E-state index in [1.54, 1.807) is 0 Å². The largest absolute Gasteiger partial charge is 0.0628 e. The van der Waals surface area contributed by atoms with Crippen molar-refractivity contribution >= 4 is 0 Å². The minimum absolute atomic E-state index is 0.858. The highest BCUT2D eigenvalue weighted by Gasteiger charge is 2.03. The Morgan fingerprint density at radius 1 is 0.875 bits per heavy atom. The van der Waals surface area contributed by atoms with Crippen molar-refractivity contribution in [3.05, 3.63) is 35.9 Å². The molecular weight excluding hydrogens is 192 g/mol. The van der Waals surface area contributed by atoms with E-state index in [9.17, 15) is 0 Å². The van der Waals surface area contributed by atoms with Crippen molar-refractivity contribution in [1.82, 2.24) is 0 Å². The maximum atomic E-state index is 2.40. The Labute approximate surface area is 101 Å². The maximum absolute atomic E-state index is 2.40. The van der Waals surface area contributed by atoms with E-state index in [0.717, 1.165) is 11.8 Å². The molecule has 90 valence electrons. The standard InChI is InChI=1S/C16H26/c1-14(2)12-13-15(3)8-7-11-16-9-5-4-6-10-16/h4-6,9-10,14-15H,7-8,11-13H2,1-3H3. The highest BCUT2D eigenvalue weighted by atomic mass is 14.1. The molecule has 0 bridgehead atoms. The van der Waals surface area contributed by atoms with Crippen LogP contribution in [0.15, 0.2) is 30.3 Å². The summed E-state index contributed by atoms with van der Waals surface area (Å²) in [4.78, 5) is 0. The monoisotopic (exact) mass is 218 g/mol. The van der Waals surface area contributed by atoms with E-state index in [2.05, 4.69) is 51.1 Å². The fourth-order valence-electron chi connectivity index (χ4n) is 2.06. The molecule has 1 aromatic rings. The van der Waals surface area contributed by atoms with Crippen LogP contribution in [0.5, 0.6) is 0 Å². The summed E-state index contributed by atoms with van der Waals surface area (Å²) in [5, 5.41) is 0. The van der Waals surface area contributed by atoms with E-state index < -0.39 is 0 Å². The summed E-state index contributed by atoms with van der Waals surface area (Å²) < 4.78 is 0. The average molecular weight is 218 g/mol. The van der Waals surface area contributed by atoms with Gasteiger partial charge in [-0.25, -0.2) is 0 Å². The van der Waals surface area contributed by atoms with Gasteiger partial charge in [0.15, 0.2) is 0 Å². The number of benzene rings is 1. The lowest BCUT2D eigenvalue weighted by atomic mass is 9.94. The summed E-state index contributed by atoms with van der Waals surface area (Å²) in [5.41, 5.74) is 1.48. The van der Waals surface area contributed by atoms with Crippen LogP contribution in [0.4, 0.5) is 0 Å². The minimum Gasteiger partial charge on any atom is -0.0628 e. The lowest BCUT2D eigenvalue weighted by molar-refractivity contribution is 0.419. The molecule has 16 heavy (non-hydrogen) atoms. The van der Waals surface area contributed by atoms with Gasteiger partial charge < -0.3 is 0 Å². The van der Waals surface area contributed by atoms with Crippen molar-refractivity contribution in [2.45, 2.75) is 52.9 Å². The molecule has 0 saturated carbocycles. The highest BCUT2D eigenvalue weighted by molar-refractivity contribution is 5.14. The van der Waals surface area contributed by atoms with Crippen LogP contribution in [0.25, 0.3) is 0 Å². The van der Waals surface area contributed by atoms with Crippen molar-refractivity contribution in [3.63, 3.8) is 0 Å². The van der Waals surface area contributed by atoms with E-state index in [-0.39, 0.29) is 0 Å². The molecule has 1 unspecified atom stereocenters. The van der Waals surface area contributed by atoms with Crippen LogP contribution in [0.3, 0.4) is 0 Å². The number of rotatable bonds is 7. The molecule has 1 atom stereocenters. The third-order valence-corrected chi connectivity index (χ3v) is 3.24. The van der Waals surface area contributed by atoms with Crippen LogP contribution in [0.1, 0.15) is 52.0 Å². The molecule has 0 spiro atoms. The molecule has 0 heteroatoms.